The van der Waals surface area contributed by atoms with Gasteiger partial charge in [0.25, 0.3) is 5.76 Å². The summed E-state index contributed by atoms with van der Waals surface area (Å²) in [6, 6.07) is 7.12. The molecule has 2 heterocycles. The second-order valence-electron chi connectivity index (χ2n) is 3.27. The maximum Gasteiger partial charge on any atom is 0.403 e. The highest BCUT2D eigenvalue weighted by atomic mass is 17.2. The van der Waals surface area contributed by atoms with Crippen molar-refractivity contribution < 1.29 is 19.4 Å². The zero-order valence-electron chi connectivity index (χ0n) is 8.57. The van der Waals surface area contributed by atoms with Crippen molar-refractivity contribution in [2.45, 2.75) is 0 Å². The first-order chi connectivity index (χ1) is 8.34. The van der Waals surface area contributed by atoms with Crippen molar-refractivity contribution in [2.75, 3.05) is 6.61 Å². The quantitative estimate of drug-likeness (QED) is 0.546. The minimum absolute atomic E-state index is 0.00424. The molecular formula is C10H7N3O4. The lowest BCUT2D eigenvalue weighted by atomic mass is 10.3. The van der Waals surface area contributed by atoms with Gasteiger partial charge in [0, 0.05) is 0 Å². The van der Waals surface area contributed by atoms with Gasteiger partial charge in [0.1, 0.15) is 17.6 Å². The Morgan fingerprint density at radius 1 is 1.41 bits per heavy atom. The summed E-state index contributed by atoms with van der Waals surface area (Å²) in [4.78, 5) is 26.7. The predicted molar refractivity (Wildman–Crippen MR) is 54.2 cm³/mol. The Morgan fingerprint density at radius 3 is 3.12 bits per heavy atom. The lowest BCUT2D eigenvalue weighted by Crippen LogP contribution is -2.22. The molecule has 86 valence electrons. The normalized spacial score (nSPS) is 14.5. The molecule has 1 aliphatic heterocycles. The molecule has 0 radical (unpaired) electrons. The smallest absolute Gasteiger partial charge is 0.330 e. The SMILES string of the molecule is O=C(On1nnc2ccccc21)C1=CCOO1. The van der Waals surface area contributed by atoms with Crippen LogP contribution in [-0.4, -0.2) is 27.7 Å². The molecule has 0 bridgehead atoms. The van der Waals surface area contributed by atoms with Gasteiger partial charge in [0.2, 0.25) is 0 Å². The van der Waals surface area contributed by atoms with Crippen LogP contribution in [0, 0.1) is 0 Å². The van der Waals surface area contributed by atoms with E-state index in [1.54, 1.807) is 18.2 Å². The van der Waals surface area contributed by atoms with E-state index < -0.39 is 5.97 Å². The zero-order valence-corrected chi connectivity index (χ0v) is 8.57. The molecule has 0 unspecified atom stereocenters. The van der Waals surface area contributed by atoms with E-state index in [4.69, 9.17) is 4.84 Å². The number of carbonyl (C=O) groups excluding carboxylic acids is 1. The molecule has 0 N–H and O–H groups in total. The second-order valence-corrected chi connectivity index (χ2v) is 3.27. The van der Waals surface area contributed by atoms with Crippen LogP contribution in [0.4, 0.5) is 0 Å². The fraction of sp³-hybridized carbons (Fsp3) is 0.100. The number of carbonyl (C=O) groups is 1. The third kappa shape index (κ3) is 1.72. The maximum atomic E-state index is 11.6. The van der Waals surface area contributed by atoms with Gasteiger partial charge in [0.05, 0.1) is 0 Å². The molecular weight excluding hydrogens is 226 g/mol. The van der Waals surface area contributed by atoms with E-state index in [1.807, 2.05) is 6.07 Å². The summed E-state index contributed by atoms with van der Waals surface area (Å²) in [5.74, 6) is -0.678. The molecule has 1 aromatic carbocycles. The predicted octanol–water partition coefficient (Wildman–Crippen LogP) is 0.232. The number of benzene rings is 1. The first kappa shape index (κ1) is 9.79. The van der Waals surface area contributed by atoms with E-state index in [1.165, 1.54) is 6.08 Å². The number of nitrogens with zero attached hydrogens (tertiary/aromatic N) is 3. The minimum atomic E-state index is -0.682. The van der Waals surface area contributed by atoms with Crippen molar-refractivity contribution in [3.63, 3.8) is 0 Å². The van der Waals surface area contributed by atoms with E-state index in [0.717, 1.165) is 4.85 Å². The molecule has 1 aromatic heterocycles. The number of hydrogen-bond donors (Lipinski definition) is 0. The largest absolute Gasteiger partial charge is 0.403 e. The molecule has 2 aromatic rings. The van der Waals surface area contributed by atoms with Crippen molar-refractivity contribution in [1.29, 1.82) is 0 Å². The Balaban J connectivity index is 1.87. The van der Waals surface area contributed by atoms with Gasteiger partial charge in [-0.25, -0.2) is 4.79 Å². The van der Waals surface area contributed by atoms with Gasteiger partial charge in [0.15, 0.2) is 0 Å². The first-order valence-electron chi connectivity index (χ1n) is 4.87. The fourth-order valence-corrected chi connectivity index (χ4v) is 1.40. The van der Waals surface area contributed by atoms with Crippen LogP contribution in [0.15, 0.2) is 36.1 Å². The number of hydrogen-bond acceptors (Lipinski definition) is 6. The Hall–Kier alpha value is -2.41. The molecule has 7 nitrogen and oxygen atoms in total. The zero-order chi connectivity index (χ0) is 11.7. The van der Waals surface area contributed by atoms with Crippen molar-refractivity contribution in [1.82, 2.24) is 15.2 Å². The molecule has 7 heteroatoms. The van der Waals surface area contributed by atoms with Crippen LogP contribution in [0.5, 0.6) is 0 Å². The van der Waals surface area contributed by atoms with Crippen molar-refractivity contribution in [2.24, 2.45) is 0 Å². The third-order valence-corrected chi connectivity index (χ3v) is 2.18. The Bertz CT molecular complexity index is 604. The molecule has 0 amide bonds. The molecule has 3 rings (SSSR count). The van der Waals surface area contributed by atoms with Crippen LogP contribution in [0.3, 0.4) is 0 Å². The van der Waals surface area contributed by atoms with Gasteiger partial charge in [-0.3, -0.25) is 0 Å². The number of para-hydroxylation sites is 1. The molecule has 0 saturated carbocycles. The number of aromatic nitrogens is 3. The highest BCUT2D eigenvalue weighted by Crippen LogP contribution is 2.10. The summed E-state index contributed by atoms with van der Waals surface area (Å²) >= 11 is 0. The van der Waals surface area contributed by atoms with Crippen LogP contribution in [0.1, 0.15) is 0 Å². The summed E-state index contributed by atoms with van der Waals surface area (Å²) < 4.78 is 0. The summed E-state index contributed by atoms with van der Waals surface area (Å²) in [6.07, 6.45) is 1.47. The van der Waals surface area contributed by atoms with Crippen molar-refractivity contribution in [3.05, 3.63) is 36.1 Å². The van der Waals surface area contributed by atoms with Crippen LogP contribution in [0.25, 0.3) is 11.0 Å². The lowest BCUT2D eigenvalue weighted by Gasteiger charge is -2.02. The Labute approximate surface area is 95.1 Å². The molecule has 1 aliphatic rings. The van der Waals surface area contributed by atoms with E-state index in [-0.39, 0.29) is 12.4 Å². The molecule has 0 spiro atoms. The van der Waals surface area contributed by atoms with Gasteiger partial charge >= 0.3 is 5.97 Å². The third-order valence-electron chi connectivity index (χ3n) is 2.18. The van der Waals surface area contributed by atoms with E-state index >= 15 is 0 Å². The van der Waals surface area contributed by atoms with E-state index in [2.05, 4.69) is 20.1 Å². The summed E-state index contributed by atoms with van der Waals surface area (Å²) in [5.41, 5.74) is 1.23. The molecule has 0 fully saturated rings. The van der Waals surface area contributed by atoms with Crippen LogP contribution in [0.2, 0.25) is 0 Å². The summed E-state index contributed by atoms with van der Waals surface area (Å²) in [5, 5.41) is 7.55. The topological polar surface area (TPSA) is 75.5 Å². The lowest BCUT2D eigenvalue weighted by molar-refractivity contribution is -0.237. The summed E-state index contributed by atoms with van der Waals surface area (Å²) in [6.45, 7) is 0.225. The van der Waals surface area contributed by atoms with Crippen molar-refractivity contribution >= 4 is 17.0 Å². The molecule has 0 saturated heterocycles. The highest BCUT2D eigenvalue weighted by Gasteiger charge is 2.20. The Morgan fingerprint density at radius 2 is 2.29 bits per heavy atom. The average molecular weight is 233 g/mol. The monoisotopic (exact) mass is 233 g/mol. The van der Waals surface area contributed by atoms with Gasteiger partial charge < -0.3 is 9.73 Å². The molecule has 17 heavy (non-hydrogen) atoms. The summed E-state index contributed by atoms with van der Waals surface area (Å²) in [7, 11) is 0. The van der Waals surface area contributed by atoms with Crippen molar-refractivity contribution in [3.8, 4) is 0 Å². The molecule has 0 aliphatic carbocycles. The van der Waals surface area contributed by atoms with Gasteiger partial charge in [-0.2, -0.15) is 4.89 Å². The minimum Gasteiger partial charge on any atom is -0.330 e. The maximum absolute atomic E-state index is 11.6. The average Bonchev–Trinajstić information content (AvgIpc) is 2.98. The Kier molecular flexibility index (Phi) is 2.23. The van der Waals surface area contributed by atoms with Crippen LogP contribution >= 0.6 is 0 Å². The second kappa shape index (κ2) is 3.87. The number of rotatable bonds is 2. The van der Waals surface area contributed by atoms with Gasteiger partial charge in [-0.05, 0) is 23.4 Å². The van der Waals surface area contributed by atoms with Crippen LogP contribution in [-0.2, 0) is 14.6 Å². The van der Waals surface area contributed by atoms with E-state index in [9.17, 15) is 4.79 Å². The van der Waals surface area contributed by atoms with Crippen LogP contribution < -0.4 is 4.84 Å². The van der Waals surface area contributed by atoms with E-state index in [0.29, 0.717) is 11.0 Å². The fourth-order valence-electron chi connectivity index (χ4n) is 1.40. The van der Waals surface area contributed by atoms with Gasteiger partial charge in [-0.15, -0.1) is 5.10 Å². The number of fused-ring (bicyclic) bond motifs is 1. The molecule has 0 atom stereocenters. The first-order valence-corrected chi connectivity index (χ1v) is 4.87. The standard InChI is InChI=1S/C10H7N3O4/c14-10(9-5-6-15-17-9)16-13-8-4-2-1-3-7(8)11-12-13/h1-5H,6H2. The highest BCUT2D eigenvalue weighted by molar-refractivity contribution is 5.87. The van der Waals surface area contributed by atoms with Gasteiger partial charge in [-0.1, -0.05) is 17.0 Å².